The van der Waals surface area contributed by atoms with Gasteiger partial charge in [-0.25, -0.2) is 14.4 Å². The van der Waals surface area contributed by atoms with Crippen molar-refractivity contribution in [2.75, 3.05) is 10.6 Å². The number of anilines is 2. The number of rotatable bonds is 6. The molecule has 0 aliphatic carbocycles. The molecule has 0 atom stereocenters. The molecule has 2 aromatic carbocycles. The van der Waals surface area contributed by atoms with Gasteiger partial charge in [0.1, 0.15) is 5.82 Å². The van der Waals surface area contributed by atoms with Crippen LogP contribution in [0.15, 0.2) is 47.8 Å². The molecule has 6 nitrogen and oxygen atoms in total. The van der Waals surface area contributed by atoms with E-state index in [0.29, 0.717) is 33.0 Å². The molecule has 0 aliphatic heterocycles. The molecule has 0 unspecified atom stereocenters. The Hall–Kier alpha value is -2.88. The molecule has 0 aliphatic rings. The van der Waals surface area contributed by atoms with E-state index in [4.69, 9.17) is 11.6 Å². The molecule has 30 heavy (non-hydrogen) atoms. The molecule has 4 aromatic rings. The summed E-state index contributed by atoms with van der Waals surface area (Å²) < 4.78 is 13.9. The van der Waals surface area contributed by atoms with E-state index in [1.54, 1.807) is 23.6 Å². The molecule has 4 rings (SSSR count). The highest BCUT2D eigenvalue weighted by atomic mass is 35.5. The zero-order valence-corrected chi connectivity index (χ0v) is 17.7. The number of carbonyl (C=O) groups excluding carboxylic acids is 2. The second-order valence-electron chi connectivity index (χ2n) is 6.28. The Morgan fingerprint density at radius 2 is 1.83 bits per heavy atom. The first-order valence-electron chi connectivity index (χ1n) is 8.83. The highest BCUT2D eigenvalue weighted by molar-refractivity contribution is 7.22. The third-order valence-electron chi connectivity index (χ3n) is 4.08. The highest BCUT2D eigenvalue weighted by Gasteiger charge is 2.12. The lowest BCUT2D eigenvalue weighted by atomic mass is 10.2. The molecule has 2 N–H and O–H groups in total. The number of thiazole rings is 2. The third kappa shape index (κ3) is 4.99. The van der Waals surface area contributed by atoms with Gasteiger partial charge in [0.05, 0.1) is 15.9 Å². The quantitative estimate of drug-likeness (QED) is 0.405. The summed E-state index contributed by atoms with van der Waals surface area (Å²) in [5, 5.41) is 8.80. The maximum Gasteiger partial charge on any atom is 0.257 e. The Morgan fingerprint density at radius 3 is 2.63 bits per heavy atom. The summed E-state index contributed by atoms with van der Waals surface area (Å²) in [6.07, 6.45) is 0.650. The maximum atomic E-state index is 13.0. The zero-order chi connectivity index (χ0) is 21.1. The van der Waals surface area contributed by atoms with Crippen molar-refractivity contribution < 1.29 is 14.0 Å². The average molecular weight is 461 g/mol. The molecule has 0 saturated carbocycles. The average Bonchev–Trinajstić information content (AvgIpc) is 3.32. The van der Waals surface area contributed by atoms with Crippen LogP contribution < -0.4 is 10.6 Å². The van der Waals surface area contributed by atoms with Crippen molar-refractivity contribution in [1.29, 1.82) is 0 Å². The summed E-state index contributed by atoms with van der Waals surface area (Å²) in [5.74, 6) is -0.953. The van der Waals surface area contributed by atoms with Crippen LogP contribution in [0.2, 0.25) is 5.02 Å². The van der Waals surface area contributed by atoms with Crippen molar-refractivity contribution >= 4 is 66.6 Å². The van der Waals surface area contributed by atoms with E-state index in [1.165, 1.54) is 46.9 Å². The zero-order valence-electron chi connectivity index (χ0n) is 15.3. The van der Waals surface area contributed by atoms with E-state index < -0.39 is 5.82 Å². The van der Waals surface area contributed by atoms with Crippen LogP contribution in [-0.2, 0) is 11.2 Å². The fraction of sp³-hybridized carbons (Fsp3) is 0.100. The van der Waals surface area contributed by atoms with Crippen molar-refractivity contribution in [2.45, 2.75) is 12.8 Å². The summed E-state index contributed by atoms with van der Waals surface area (Å²) in [6, 6.07) is 10.6. The number of hydrogen-bond donors (Lipinski definition) is 2. The number of nitrogens with zero attached hydrogens (tertiary/aromatic N) is 2. The van der Waals surface area contributed by atoms with Crippen molar-refractivity contribution in [1.82, 2.24) is 9.97 Å². The van der Waals surface area contributed by atoms with Gasteiger partial charge in [0.25, 0.3) is 5.91 Å². The first-order chi connectivity index (χ1) is 14.5. The minimum atomic E-state index is -0.406. The topological polar surface area (TPSA) is 84.0 Å². The number of hydrogen-bond acceptors (Lipinski definition) is 6. The van der Waals surface area contributed by atoms with E-state index >= 15 is 0 Å². The van der Waals surface area contributed by atoms with Gasteiger partial charge in [0, 0.05) is 22.4 Å². The lowest BCUT2D eigenvalue weighted by molar-refractivity contribution is -0.116. The number of aryl methyl sites for hydroxylation is 1. The smallest absolute Gasteiger partial charge is 0.257 e. The summed E-state index contributed by atoms with van der Waals surface area (Å²) in [6.45, 7) is 0. The van der Waals surface area contributed by atoms with Crippen molar-refractivity contribution in [2.24, 2.45) is 0 Å². The number of benzene rings is 2. The lowest BCUT2D eigenvalue weighted by Gasteiger charge is -2.01. The molecule has 0 fully saturated rings. The third-order valence-corrected chi connectivity index (χ3v) is 6.06. The molecule has 0 saturated heterocycles. The van der Waals surface area contributed by atoms with Gasteiger partial charge in [-0.2, -0.15) is 0 Å². The van der Waals surface area contributed by atoms with Gasteiger partial charge in [0.15, 0.2) is 10.3 Å². The van der Waals surface area contributed by atoms with Gasteiger partial charge in [-0.15, -0.1) is 11.3 Å². The number of halogens is 2. The second kappa shape index (κ2) is 8.86. The van der Waals surface area contributed by atoms with E-state index in [9.17, 15) is 14.0 Å². The normalized spacial score (nSPS) is 10.9. The van der Waals surface area contributed by atoms with Crippen LogP contribution in [0.3, 0.4) is 0 Å². The molecular weight excluding hydrogens is 447 g/mol. The second-order valence-corrected chi connectivity index (χ2v) is 8.61. The van der Waals surface area contributed by atoms with Crippen LogP contribution >= 0.6 is 34.3 Å². The van der Waals surface area contributed by atoms with Crippen molar-refractivity contribution in [3.63, 3.8) is 0 Å². The Labute approximate surface area is 183 Å². The molecule has 0 bridgehead atoms. The standard InChI is InChI=1S/C20H14ClFN4O2S2/c21-12-3-7-15-16(9-12)30-20(24-15)25-17(27)8-6-14-10-29-19(23-14)26-18(28)11-1-4-13(22)5-2-11/h1-5,7,9-10H,6,8H2,(H,23,26,28)(H,24,25,27). The number of nitrogens with one attached hydrogen (secondary N) is 2. The van der Waals surface area contributed by atoms with Gasteiger partial charge in [-0.05, 0) is 48.9 Å². The Bertz CT molecular complexity index is 1220. The number of carbonyl (C=O) groups is 2. The van der Waals surface area contributed by atoms with Gasteiger partial charge in [-0.1, -0.05) is 22.9 Å². The van der Waals surface area contributed by atoms with E-state index in [1.807, 2.05) is 0 Å². The monoisotopic (exact) mass is 460 g/mol. The lowest BCUT2D eigenvalue weighted by Crippen LogP contribution is -2.13. The molecule has 2 heterocycles. The summed E-state index contributed by atoms with van der Waals surface area (Å²) in [4.78, 5) is 33.1. The SMILES string of the molecule is O=C(CCc1csc(NC(=O)c2ccc(F)cc2)n1)Nc1nc2ccc(Cl)cc2s1. The maximum absolute atomic E-state index is 13.0. The van der Waals surface area contributed by atoms with Crippen molar-refractivity contribution in [3.05, 3.63) is 69.9 Å². The predicted molar refractivity (Wildman–Crippen MR) is 118 cm³/mol. The van der Waals surface area contributed by atoms with Gasteiger partial charge in [0.2, 0.25) is 5.91 Å². The Balaban J connectivity index is 1.30. The summed E-state index contributed by atoms with van der Waals surface area (Å²) in [7, 11) is 0. The summed E-state index contributed by atoms with van der Waals surface area (Å²) in [5.41, 5.74) is 1.81. The van der Waals surface area contributed by atoms with Crippen LogP contribution in [0.4, 0.5) is 14.7 Å². The van der Waals surface area contributed by atoms with Crippen molar-refractivity contribution in [3.8, 4) is 0 Å². The van der Waals surface area contributed by atoms with E-state index in [-0.39, 0.29) is 18.2 Å². The number of amides is 2. The Morgan fingerprint density at radius 1 is 1.03 bits per heavy atom. The molecule has 0 spiro atoms. The fourth-order valence-corrected chi connectivity index (χ4v) is 4.52. The molecule has 152 valence electrons. The predicted octanol–water partition coefficient (Wildman–Crippen LogP) is 5.37. The van der Waals surface area contributed by atoms with Crippen LogP contribution in [-0.4, -0.2) is 21.8 Å². The van der Waals surface area contributed by atoms with Gasteiger partial charge in [-0.3, -0.25) is 14.9 Å². The largest absolute Gasteiger partial charge is 0.302 e. The molecule has 0 radical (unpaired) electrons. The highest BCUT2D eigenvalue weighted by Crippen LogP contribution is 2.28. The number of aromatic nitrogens is 2. The first kappa shape index (κ1) is 20.4. The summed E-state index contributed by atoms with van der Waals surface area (Å²) >= 11 is 8.59. The van der Waals surface area contributed by atoms with Gasteiger partial charge >= 0.3 is 0 Å². The Kier molecular flexibility index (Phi) is 6.03. The van der Waals surface area contributed by atoms with E-state index in [0.717, 1.165) is 10.2 Å². The number of fused-ring (bicyclic) bond motifs is 1. The van der Waals surface area contributed by atoms with Crippen LogP contribution in [0.1, 0.15) is 22.5 Å². The molecular formula is C20H14ClFN4O2S2. The van der Waals surface area contributed by atoms with Crippen LogP contribution in [0, 0.1) is 5.82 Å². The minimum absolute atomic E-state index is 0.176. The fourth-order valence-electron chi connectivity index (χ4n) is 2.63. The van der Waals surface area contributed by atoms with Gasteiger partial charge < -0.3 is 5.32 Å². The van der Waals surface area contributed by atoms with Crippen LogP contribution in [0.5, 0.6) is 0 Å². The minimum Gasteiger partial charge on any atom is -0.302 e. The van der Waals surface area contributed by atoms with E-state index in [2.05, 4.69) is 20.6 Å². The molecule has 10 heteroatoms. The van der Waals surface area contributed by atoms with Crippen LogP contribution in [0.25, 0.3) is 10.2 Å². The first-order valence-corrected chi connectivity index (χ1v) is 10.9. The molecule has 2 amide bonds. The molecule has 2 aromatic heterocycles.